The van der Waals surface area contributed by atoms with Crippen molar-refractivity contribution >= 4 is 0 Å². The van der Waals surface area contributed by atoms with Crippen molar-refractivity contribution in [2.24, 2.45) is 11.8 Å². The summed E-state index contributed by atoms with van der Waals surface area (Å²) in [6, 6.07) is 0. The van der Waals surface area contributed by atoms with Crippen LogP contribution in [0.2, 0.25) is 0 Å². The van der Waals surface area contributed by atoms with E-state index in [2.05, 4.69) is 40.7 Å². The zero-order valence-corrected chi connectivity index (χ0v) is 11.9. The molecule has 0 aromatic heterocycles. The lowest BCUT2D eigenvalue weighted by Gasteiger charge is -2.12. The first-order valence-corrected chi connectivity index (χ1v) is 7.01. The maximum atomic E-state index is 3.85. The van der Waals surface area contributed by atoms with Crippen molar-refractivity contribution in [1.29, 1.82) is 0 Å². The monoisotopic (exact) mass is 223 g/mol. The van der Waals surface area contributed by atoms with Gasteiger partial charge in [-0.3, -0.25) is 0 Å². The topological polar surface area (TPSA) is 0 Å². The Labute approximate surface area is 104 Å². The van der Waals surface area contributed by atoms with Gasteiger partial charge in [0.2, 0.25) is 0 Å². The van der Waals surface area contributed by atoms with Crippen LogP contribution in [0.4, 0.5) is 0 Å². The zero-order valence-electron chi connectivity index (χ0n) is 11.9. The van der Waals surface area contributed by atoms with Gasteiger partial charge in [0, 0.05) is 0 Å². The van der Waals surface area contributed by atoms with Crippen LogP contribution in [0.1, 0.15) is 72.6 Å². The summed E-state index contributed by atoms with van der Waals surface area (Å²) in [5.41, 5.74) is 1.52. The third-order valence-corrected chi connectivity index (χ3v) is 3.24. The van der Waals surface area contributed by atoms with Gasteiger partial charge in [0.15, 0.2) is 0 Å². The standard InChI is InChI=1S/C16H31/c1-6-9-15(4)12-8-13-16(5)11-7-10-14(2)3/h9,14,16H,1,6-8,10-13H2,2-5H3/b15-9+. The van der Waals surface area contributed by atoms with Gasteiger partial charge in [0.1, 0.15) is 0 Å². The van der Waals surface area contributed by atoms with Crippen LogP contribution < -0.4 is 0 Å². The minimum atomic E-state index is 0.870. The molecule has 0 spiro atoms. The molecule has 1 atom stereocenters. The van der Waals surface area contributed by atoms with Gasteiger partial charge in [-0.1, -0.05) is 58.1 Å². The lowest BCUT2D eigenvalue weighted by molar-refractivity contribution is 0.427. The van der Waals surface area contributed by atoms with Crippen molar-refractivity contribution in [2.45, 2.75) is 72.6 Å². The van der Waals surface area contributed by atoms with Crippen LogP contribution in [-0.2, 0) is 0 Å². The highest BCUT2D eigenvalue weighted by Gasteiger charge is 2.03. The largest absolute Gasteiger partial charge is 0.0856 e. The number of hydrogen-bond acceptors (Lipinski definition) is 0. The lowest BCUT2D eigenvalue weighted by atomic mass is 9.94. The fourth-order valence-corrected chi connectivity index (χ4v) is 2.10. The molecule has 0 heteroatoms. The Bertz CT molecular complexity index is 176. The normalized spacial score (nSPS) is 14.5. The number of rotatable bonds is 9. The Kier molecular flexibility index (Phi) is 9.77. The summed E-state index contributed by atoms with van der Waals surface area (Å²) < 4.78 is 0. The smallest absolute Gasteiger partial charge is 0.0323 e. The highest BCUT2D eigenvalue weighted by Crippen LogP contribution is 2.19. The maximum absolute atomic E-state index is 3.85. The summed E-state index contributed by atoms with van der Waals surface area (Å²) in [6.45, 7) is 13.1. The van der Waals surface area contributed by atoms with Crippen LogP contribution in [0.15, 0.2) is 11.6 Å². The summed E-state index contributed by atoms with van der Waals surface area (Å²) in [5, 5.41) is 0. The van der Waals surface area contributed by atoms with Gasteiger partial charge in [-0.2, -0.15) is 0 Å². The third-order valence-electron chi connectivity index (χ3n) is 3.24. The second-order valence-electron chi connectivity index (χ2n) is 5.66. The molecule has 1 unspecified atom stereocenters. The van der Waals surface area contributed by atoms with Crippen LogP contribution in [-0.4, -0.2) is 0 Å². The van der Waals surface area contributed by atoms with E-state index in [-0.39, 0.29) is 0 Å². The van der Waals surface area contributed by atoms with Gasteiger partial charge in [-0.05, 0) is 44.9 Å². The molecule has 0 saturated heterocycles. The summed E-state index contributed by atoms with van der Waals surface area (Å²) in [5.74, 6) is 1.78. The molecule has 0 aliphatic rings. The predicted molar refractivity (Wildman–Crippen MR) is 75.4 cm³/mol. The second kappa shape index (κ2) is 9.93. The Morgan fingerprint density at radius 3 is 2.25 bits per heavy atom. The quantitative estimate of drug-likeness (QED) is 0.434. The van der Waals surface area contributed by atoms with Gasteiger partial charge < -0.3 is 0 Å². The minimum Gasteiger partial charge on any atom is -0.0856 e. The summed E-state index contributed by atoms with van der Waals surface area (Å²) in [6.07, 6.45) is 11.4. The molecule has 0 heterocycles. The zero-order chi connectivity index (χ0) is 12.4. The first kappa shape index (κ1) is 15.7. The highest BCUT2D eigenvalue weighted by molar-refractivity contribution is 4.97. The van der Waals surface area contributed by atoms with Gasteiger partial charge in [-0.15, -0.1) is 0 Å². The van der Waals surface area contributed by atoms with Crippen molar-refractivity contribution < 1.29 is 0 Å². The third kappa shape index (κ3) is 10.3. The first-order chi connectivity index (χ1) is 7.56. The van der Waals surface area contributed by atoms with Crippen molar-refractivity contribution in [3.05, 3.63) is 18.6 Å². The Hall–Kier alpha value is -0.260. The lowest BCUT2D eigenvalue weighted by Crippen LogP contribution is -1.97. The van der Waals surface area contributed by atoms with Crippen molar-refractivity contribution in [3.8, 4) is 0 Å². The van der Waals surface area contributed by atoms with Crippen LogP contribution in [0.25, 0.3) is 0 Å². The van der Waals surface area contributed by atoms with E-state index in [9.17, 15) is 0 Å². The number of allylic oxidation sites excluding steroid dienone is 2. The van der Waals surface area contributed by atoms with Crippen LogP contribution in [0, 0.1) is 18.8 Å². The molecule has 0 nitrogen and oxygen atoms in total. The van der Waals surface area contributed by atoms with E-state index in [1.165, 1.54) is 44.1 Å². The average Bonchev–Trinajstić information content (AvgIpc) is 2.17. The maximum Gasteiger partial charge on any atom is -0.0323 e. The fraction of sp³-hybridized carbons (Fsp3) is 0.812. The molecular weight excluding hydrogens is 192 g/mol. The molecule has 0 aliphatic heterocycles. The molecule has 0 saturated carbocycles. The van der Waals surface area contributed by atoms with Crippen molar-refractivity contribution in [1.82, 2.24) is 0 Å². The van der Waals surface area contributed by atoms with E-state index in [4.69, 9.17) is 0 Å². The fourth-order valence-electron chi connectivity index (χ4n) is 2.10. The molecule has 0 N–H and O–H groups in total. The molecule has 0 aromatic carbocycles. The average molecular weight is 223 g/mol. The molecule has 95 valence electrons. The van der Waals surface area contributed by atoms with E-state index >= 15 is 0 Å². The SMILES string of the molecule is [CH2]C/C=C(\C)CCCC(C)CCCC(C)C. The van der Waals surface area contributed by atoms with Crippen LogP contribution in [0.3, 0.4) is 0 Å². The van der Waals surface area contributed by atoms with Crippen molar-refractivity contribution in [2.75, 3.05) is 0 Å². The van der Waals surface area contributed by atoms with E-state index in [1.807, 2.05) is 0 Å². The van der Waals surface area contributed by atoms with E-state index in [0.29, 0.717) is 0 Å². The molecule has 0 aromatic rings. The van der Waals surface area contributed by atoms with E-state index in [0.717, 1.165) is 18.3 Å². The van der Waals surface area contributed by atoms with Gasteiger partial charge in [0.05, 0.1) is 0 Å². The van der Waals surface area contributed by atoms with Gasteiger partial charge in [0.25, 0.3) is 0 Å². The van der Waals surface area contributed by atoms with Gasteiger partial charge in [-0.25, -0.2) is 0 Å². The molecule has 0 amide bonds. The minimum absolute atomic E-state index is 0.870. The van der Waals surface area contributed by atoms with Crippen LogP contribution >= 0.6 is 0 Å². The molecule has 16 heavy (non-hydrogen) atoms. The molecular formula is C16H31. The Morgan fingerprint density at radius 2 is 1.69 bits per heavy atom. The van der Waals surface area contributed by atoms with Crippen molar-refractivity contribution in [3.63, 3.8) is 0 Å². The summed E-state index contributed by atoms with van der Waals surface area (Å²) in [4.78, 5) is 0. The van der Waals surface area contributed by atoms with E-state index in [1.54, 1.807) is 0 Å². The molecule has 0 fully saturated rings. The Balaban J connectivity index is 3.43. The van der Waals surface area contributed by atoms with E-state index < -0.39 is 0 Å². The first-order valence-electron chi connectivity index (χ1n) is 7.01. The van der Waals surface area contributed by atoms with Gasteiger partial charge >= 0.3 is 0 Å². The molecule has 0 rings (SSSR count). The summed E-state index contributed by atoms with van der Waals surface area (Å²) in [7, 11) is 0. The highest BCUT2D eigenvalue weighted by atomic mass is 14.1. The number of hydrogen-bond donors (Lipinski definition) is 0. The summed E-state index contributed by atoms with van der Waals surface area (Å²) >= 11 is 0. The van der Waals surface area contributed by atoms with Crippen LogP contribution in [0.5, 0.6) is 0 Å². The molecule has 1 radical (unpaired) electrons. The Morgan fingerprint density at radius 1 is 1.06 bits per heavy atom. The second-order valence-corrected chi connectivity index (χ2v) is 5.66. The predicted octanol–water partition coefficient (Wildman–Crippen LogP) is 5.79. The molecule has 0 bridgehead atoms. The molecule has 0 aliphatic carbocycles.